The number of hydrogen-bond donors (Lipinski definition) is 1. The largest absolute Gasteiger partial charge is 0.443 e. The first-order chi connectivity index (χ1) is 16.3. The Labute approximate surface area is 199 Å². The second-order valence-corrected chi connectivity index (χ2v) is 9.40. The van der Waals surface area contributed by atoms with Crippen molar-refractivity contribution in [3.05, 3.63) is 59.4 Å². The average molecular weight is 465 g/mol. The van der Waals surface area contributed by atoms with Crippen LogP contribution in [-0.4, -0.2) is 39.4 Å². The molecule has 1 saturated heterocycles. The number of hydrogen-bond acceptors (Lipinski definition) is 6. The average Bonchev–Trinajstić information content (AvgIpc) is 3.55. The Hall–Kier alpha value is -3.42. The van der Waals surface area contributed by atoms with Crippen LogP contribution < -0.4 is 5.32 Å². The van der Waals surface area contributed by atoms with Gasteiger partial charge in [-0.25, -0.2) is 4.98 Å². The minimum absolute atomic E-state index is 0.0228. The molecule has 1 fully saturated rings. The van der Waals surface area contributed by atoms with Crippen molar-refractivity contribution in [1.29, 1.82) is 0 Å². The molecule has 1 aliphatic rings. The number of nitrogens with one attached hydrogen (secondary N) is 1. The van der Waals surface area contributed by atoms with Crippen molar-refractivity contribution in [2.24, 2.45) is 5.92 Å². The molecule has 0 aliphatic carbocycles. The van der Waals surface area contributed by atoms with Gasteiger partial charge in [0, 0.05) is 18.2 Å². The van der Waals surface area contributed by atoms with Gasteiger partial charge in [0.2, 0.25) is 11.8 Å². The predicted octanol–water partition coefficient (Wildman–Crippen LogP) is 4.55. The zero-order valence-corrected chi connectivity index (χ0v) is 20.4. The summed E-state index contributed by atoms with van der Waals surface area (Å²) in [5, 5.41) is 7.05. The highest BCUT2D eigenvalue weighted by Gasteiger charge is 2.40. The van der Waals surface area contributed by atoms with Crippen LogP contribution in [0.15, 0.2) is 45.7 Å². The number of carbonyl (C=O) groups is 2. The lowest BCUT2D eigenvalue weighted by Gasteiger charge is -2.29. The number of rotatable bonds is 7. The molecule has 3 atom stereocenters. The second-order valence-electron chi connectivity index (χ2n) is 9.40. The smallest absolute Gasteiger partial charge is 0.243 e. The third kappa shape index (κ3) is 4.76. The van der Waals surface area contributed by atoms with Gasteiger partial charge in [-0.1, -0.05) is 43.3 Å². The van der Waals surface area contributed by atoms with E-state index in [1.165, 1.54) is 6.39 Å². The summed E-state index contributed by atoms with van der Waals surface area (Å²) in [5.74, 6) is 0.644. The Bertz CT molecular complexity index is 1150. The molecular weight excluding hydrogens is 432 g/mol. The van der Waals surface area contributed by atoms with Gasteiger partial charge in [-0.15, -0.1) is 0 Å². The van der Waals surface area contributed by atoms with Crippen molar-refractivity contribution in [2.45, 2.75) is 65.5 Å². The number of benzene rings is 1. The summed E-state index contributed by atoms with van der Waals surface area (Å²) < 4.78 is 10.9. The molecule has 3 aromatic rings. The summed E-state index contributed by atoms with van der Waals surface area (Å²) in [6.07, 6.45) is 2.88. The number of nitrogens with zero attached hydrogens (tertiary/aromatic N) is 3. The summed E-state index contributed by atoms with van der Waals surface area (Å²) in [5.41, 5.74) is 3.48. The number of carbonyl (C=O) groups excluding carboxylic acids is 2. The summed E-state index contributed by atoms with van der Waals surface area (Å²) >= 11 is 0. The van der Waals surface area contributed by atoms with Crippen LogP contribution in [0.25, 0.3) is 11.3 Å². The molecule has 3 heterocycles. The molecule has 3 unspecified atom stereocenters. The number of aromatic nitrogens is 2. The van der Waals surface area contributed by atoms with Crippen LogP contribution in [0.1, 0.15) is 68.3 Å². The zero-order valence-electron chi connectivity index (χ0n) is 20.4. The minimum Gasteiger partial charge on any atom is -0.443 e. The summed E-state index contributed by atoms with van der Waals surface area (Å²) in [6.45, 7) is 10.2. The van der Waals surface area contributed by atoms with E-state index in [2.05, 4.69) is 15.5 Å². The van der Waals surface area contributed by atoms with Crippen LogP contribution in [0.5, 0.6) is 0 Å². The molecule has 0 saturated carbocycles. The van der Waals surface area contributed by atoms with Crippen LogP contribution in [0.3, 0.4) is 0 Å². The Morgan fingerprint density at radius 1 is 1.15 bits per heavy atom. The maximum absolute atomic E-state index is 13.5. The van der Waals surface area contributed by atoms with E-state index in [4.69, 9.17) is 8.94 Å². The van der Waals surface area contributed by atoms with Crippen LogP contribution in [-0.2, 0) is 9.59 Å². The Morgan fingerprint density at radius 2 is 1.88 bits per heavy atom. The van der Waals surface area contributed by atoms with Gasteiger partial charge in [0.25, 0.3) is 0 Å². The Morgan fingerprint density at radius 3 is 2.47 bits per heavy atom. The lowest BCUT2D eigenvalue weighted by atomic mass is 9.91. The minimum atomic E-state index is -0.490. The van der Waals surface area contributed by atoms with E-state index in [1.807, 2.05) is 58.9 Å². The van der Waals surface area contributed by atoms with Crippen LogP contribution in [0.4, 0.5) is 0 Å². The second kappa shape index (κ2) is 9.83. The highest BCUT2D eigenvalue weighted by molar-refractivity contribution is 5.91. The molecule has 8 heteroatoms. The van der Waals surface area contributed by atoms with E-state index in [1.54, 1.807) is 11.0 Å². The molecular formula is C26H32N4O4. The number of aryl methyl sites for hydroxylation is 2. The summed E-state index contributed by atoms with van der Waals surface area (Å²) in [4.78, 5) is 32.5. The number of oxazole rings is 1. The normalized spacial score (nSPS) is 17.7. The van der Waals surface area contributed by atoms with Crippen LogP contribution in [0, 0.1) is 19.8 Å². The summed E-state index contributed by atoms with van der Waals surface area (Å²) in [6, 6.07) is 8.98. The quantitative estimate of drug-likeness (QED) is 0.550. The fourth-order valence-corrected chi connectivity index (χ4v) is 4.64. The maximum Gasteiger partial charge on any atom is 0.243 e. The van der Waals surface area contributed by atoms with Gasteiger partial charge in [0.1, 0.15) is 17.7 Å². The monoisotopic (exact) mass is 464 g/mol. The predicted molar refractivity (Wildman–Crippen MR) is 127 cm³/mol. The van der Waals surface area contributed by atoms with Crippen molar-refractivity contribution < 1.29 is 18.5 Å². The standard InChI is InChI=1S/C26H32N4O4/c1-15(2)23(22-13-16(3)29-34-22)26(32)30-12-6-7-21(30)25(31)28-17(4)19-8-10-20(11-9-19)24-18(5)27-14-33-24/h8-11,13-15,17,21,23H,6-7,12H2,1-5H3,(H,28,31). The number of likely N-dealkylation sites (tertiary alicyclic amines) is 1. The van der Waals surface area contributed by atoms with E-state index >= 15 is 0 Å². The Balaban J connectivity index is 1.44. The summed E-state index contributed by atoms with van der Waals surface area (Å²) in [7, 11) is 0. The van der Waals surface area contributed by atoms with E-state index in [0.29, 0.717) is 18.7 Å². The van der Waals surface area contributed by atoms with E-state index in [9.17, 15) is 9.59 Å². The molecule has 1 aromatic carbocycles. The molecule has 8 nitrogen and oxygen atoms in total. The molecule has 34 heavy (non-hydrogen) atoms. The fourth-order valence-electron chi connectivity index (χ4n) is 4.64. The van der Waals surface area contributed by atoms with Gasteiger partial charge in [0.05, 0.1) is 17.4 Å². The van der Waals surface area contributed by atoms with E-state index < -0.39 is 12.0 Å². The highest BCUT2D eigenvalue weighted by atomic mass is 16.5. The third-order valence-corrected chi connectivity index (χ3v) is 6.50. The fraction of sp³-hybridized carbons (Fsp3) is 0.462. The molecule has 1 aliphatic heterocycles. The van der Waals surface area contributed by atoms with Gasteiger partial charge in [0.15, 0.2) is 12.2 Å². The van der Waals surface area contributed by atoms with Gasteiger partial charge in [-0.05, 0) is 45.1 Å². The van der Waals surface area contributed by atoms with Gasteiger partial charge in [-0.2, -0.15) is 0 Å². The SMILES string of the molecule is Cc1cc(C(C(=O)N2CCCC2C(=O)NC(C)c2ccc(-c3ocnc3C)cc2)C(C)C)on1. The molecule has 0 radical (unpaired) electrons. The first kappa shape index (κ1) is 23.7. The first-order valence-corrected chi connectivity index (χ1v) is 11.8. The first-order valence-electron chi connectivity index (χ1n) is 11.8. The molecule has 2 aromatic heterocycles. The molecule has 1 N–H and O–H groups in total. The topological polar surface area (TPSA) is 101 Å². The van der Waals surface area contributed by atoms with Crippen molar-refractivity contribution >= 4 is 11.8 Å². The van der Waals surface area contributed by atoms with E-state index in [0.717, 1.165) is 34.7 Å². The lowest BCUT2D eigenvalue weighted by molar-refractivity contribution is -0.141. The van der Waals surface area contributed by atoms with Crippen molar-refractivity contribution in [3.8, 4) is 11.3 Å². The highest BCUT2D eigenvalue weighted by Crippen LogP contribution is 2.31. The van der Waals surface area contributed by atoms with Crippen molar-refractivity contribution in [2.75, 3.05) is 6.54 Å². The van der Waals surface area contributed by atoms with Crippen LogP contribution >= 0.6 is 0 Å². The molecule has 0 spiro atoms. The Kier molecular flexibility index (Phi) is 6.86. The van der Waals surface area contributed by atoms with Crippen molar-refractivity contribution in [3.63, 3.8) is 0 Å². The molecule has 0 bridgehead atoms. The zero-order chi connectivity index (χ0) is 24.4. The molecule has 2 amide bonds. The van der Waals surface area contributed by atoms with Crippen LogP contribution in [0.2, 0.25) is 0 Å². The van der Waals surface area contributed by atoms with E-state index in [-0.39, 0.29) is 23.8 Å². The third-order valence-electron chi connectivity index (χ3n) is 6.50. The van der Waals surface area contributed by atoms with Crippen molar-refractivity contribution in [1.82, 2.24) is 20.4 Å². The van der Waals surface area contributed by atoms with Gasteiger partial charge < -0.3 is 19.2 Å². The number of amides is 2. The molecule has 180 valence electrons. The lowest BCUT2D eigenvalue weighted by Crippen LogP contribution is -2.48. The van der Waals surface area contributed by atoms with Gasteiger partial charge >= 0.3 is 0 Å². The molecule has 4 rings (SSSR count). The van der Waals surface area contributed by atoms with Gasteiger partial charge in [-0.3, -0.25) is 9.59 Å². The maximum atomic E-state index is 13.5.